The molecule has 0 rings (SSSR count). The molecule has 4 N–H and O–H groups in total. The maximum Gasteiger partial charge on any atom is 2.00 e. The number of carboxylic acids is 2. The van der Waals surface area contributed by atoms with Crippen LogP contribution in [0.15, 0.2) is 0 Å². The summed E-state index contributed by atoms with van der Waals surface area (Å²) in [4.78, 5) is 20.2. The maximum atomic E-state index is 10.1. The number of hydrogen-bond donors (Lipinski definition) is 2. The molecule has 8 nitrogen and oxygen atoms in total. The van der Waals surface area contributed by atoms with E-state index in [2.05, 4.69) is 0 Å². The predicted octanol–water partition coefficient (Wildman–Crippen LogP) is -3.96. The third-order valence-corrected chi connectivity index (χ3v) is 2.38. The zero-order chi connectivity index (χ0) is 16.3. The Morgan fingerprint density at radius 3 is 1.10 bits per heavy atom. The normalized spacial score (nSPS) is 13.0. The van der Waals surface area contributed by atoms with E-state index >= 15 is 0 Å². The van der Waals surface area contributed by atoms with Crippen molar-refractivity contribution in [2.24, 2.45) is 11.8 Å². The predicted molar refractivity (Wildman–Crippen MR) is 72.8 cm³/mol. The summed E-state index contributed by atoms with van der Waals surface area (Å²) >= 11 is 0. The Labute approximate surface area is 154 Å². The van der Waals surface area contributed by atoms with Gasteiger partial charge in [-0.05, 0) is 11.8 Å². The molecule has 0 aliphatic heterocycles. The fraction of sp³-hybridized carbons (Fsp3) is 0.833. The van der Waals surface area contributed by atoms with Gasteiger partial charge >= 0.3 is 37.7 Å². The van der Waals surface area contributed by atoms with E-state index in [0.29, 0.717) is 23.8 Å². The first-order valence-electron chi connectivity index (χ1n) is 6.47. The topological polar surface area (TPSA) is 160 Å². The summed E-state index contributed by atoms with van der Waals surface area (Å²) in [5.41, 5.74) is 0.852. The van der Waals surface area contributed by atoms with Crippen molar-refractivity contribution in [2.45, 2.75) is 52.6 Å². The van der Waals surface area contributed by atoms with Crippen LogP contribution in [0.5, 0.6) is 0 Å². The van der Waals surface area contributed by atoms with Crippen molar-refractivity contribution >= 4 is 49.7 Å². The Hall–Kier alpha value is 0.0397. The van der Waals surface area contributed by atoms with E-state index in [1.807, 2.05) is 27.7 Å². The Bertz CT molecular complexity index is 261. The van der Waals surface area contributed by atoms with Crippen LogP contribution in [-0.2, 0) is 9.59 Å². The smallest absolute Gasteiger partial charge is 0.635 e. The number of carbonyl (C=O) groups excluding carboxylic acids is 2. The molecule has 120 valence electrons. The van der Waals surface area contributed by atoms with Crippen LogP contribution in [0.2, 0.25) is 0 Å². The number of carbonyl (C=O) groups is 2. The first-order chi connectivity index (χ1) is 9.15. The van der Waals surface area contributed by atoms with Crippen LogP contribution in [-0.4, -0.2) is 61.8 Å². The van der Waals surface area contributed by atoms with E-state index in [1.165, 1.54) is 0 Å². The number of rotatable bonds is 8. The standard InChI is InChI=1S/2C6H13NO3.Ca/c2*1-4(2)3-5(7-10)6(8)9;/h2*4-5H,3,7H2,1-2H3,(H,8,9);/q;;+2/p-2/t2*5-;/m00./s1. The van der Waals surface area contributed by atoms with Crippen LogP contribution in [0.1, 0.15) is 40.5 Å². The summed E-state index contributed by atoms with van der Waals surface area (Å²) < 4.78 is 0. The Morgan fingerprint density at radius 2 is 1.05 bits per heavy atom. The van der Waals surface area contributed by atoms with Gasteiger partial charge in [-0.25, -0.2) is 0 Å². The van der Waals surface area contributed by atoms with E-state index in [0.717, 1.165) is 0 Å². The van der Waals surface area contributed by atoms with Gasteiger partial charge in [-0.1, -0.05) is 27.7 Å². The monoisotopic (exact) mass is 332 g/mol. The Kier molecular flexibility index (Phi) is 18.5. The molecule has 0 saturated carbocycles. The molecule has 0 radical (unpaired) electrons. The van der Waals surface area contributed by atoms with E-state index in [4.69, 9.17) is 0 Å². The third kappa shape index (κ3) is 16.2. The number of carboxylic acid groups (broad SMARTS) is 2. The number of hydroxylamine groups is 2. The van der Waals surface area contributed by atoms with Gasteiger partial charge in [0.1, 0.15) is 12.1 Å². The van der Waals surface area contributed by atoms with Gasteiger partial charge < -0.3 is 41.2 Å². The van der Waals surface area contributed by atoms with Crippen LogP contribution in [0.3, 0.4) is 0 Å². The summed E-state index contributed by atoms with van der Waals surface area (Å²) in [6, 6.07) is -1.86. The minimum Gasteiger partial charge on any atom is -0.635 e. The summed E-state index contributed by atoms with van der Waals surface area (Å²) in [6.07, 6.45) is 0.734. The van der Waals surface area contributed by atoms with Gasteiger partial charge in [-0.15, -0.1) is 0 Å². The summed E-state index contributed by atoms with van der Waals surface area (Å²) in [6.45, 7) is 7.44. The molecule has 0 aromatic heterocycles. The second-order valence-corrected chi connectivity index (χ2v) is 5.38. The molecule has 0 unspecified atom stereocenters. The Morgan fingerprint density at radius 1 is 0.810 bits per heavy atom. The van der Waals surface area contributed by atoms with Crippen molar-refractivity contribution in [1.29, 1.82) is 0 Å². The molecular formula is C12H24CaN2O6. The molecule has 0 bridgehead atoms. The van der Waals surface area contributed by atoms with Crippen LogP contribution in [0.25, 0.3) is 0 Å². The summed E-state index contributed by atoms with van der Waals surface area (Å²) in [5, 5.41) is 40.4. The van der Waals surface area contributed by atoms with Gasteiger partial charge in [-0.3, -0.25) is 0 Å². The van der Waals surface area contributed by atoms with E-state index in [-0.39, 0.29) is 49.6 Å². The van der Waals surface area contributed by atoms with Gasteiger partial charge in [0, 0.05) is 12.8 Å². The number of aliphatic carboxylic acids is 2. The zero-order valence-electron chi connectivity index (χ0n) is 13.0. The minimum absolute atomic E-state index is 0. The molecule has 2 atom stereocenters. The molecule has 0 fully saturated rings. The molecule has 0 saturated heterocycles. The molecule has 0 aromatic carbocycles. The van der Waals surface area contributed by atoms with E-state index in [1.54, 1.807) is 0 Å². The van der Waals surface area contributed by atoms with Crippen molar-refractivity contribution in [3.8, 4) is 0 Å². The number of hydrogen-bond acceptors (Lipinski definition) is 6. The fourth-order valence-electron chi connectivity index (χ4n) is 1.43. The number of nitrogens with two attached hydrogens (primary N) is 2. The fourth-order valence-corrected chi connectivity index (χ4v) is 1.43. The average Bonchev–Trinajstić information content (AvgIpc) is 2.32. The molecule has 0 aliphatic rings. The van der Waals surface area contributed by atoms with Gasteiger partial charge in [-0.2, -0.15) is 0 Å². The molecule has 21 heavy (non-hydrogen) atoms. The van der Waals surface area contributed by atoms with Gasteiger partial charge in [0.05, 0.1) is 11.9 Å². The van der Waals surface area contributed by atoms with Gasteiger partial charge in [0.15, 0.2) is 0 Å². The first kappa shape index (κ1) is 26.0. The molecule has 0 aromatic rings. The van der Waals surface area contributed by atoms with Gasteiger partial charge in [0.2, 0.25) is 0 Å². The van der Waals surface area contributed by atoms with Crippen molar-refractivity contribution in [3.63, 3.8) is 0 Å². The summed E-state index contributed by atoms with van der Waals surface area (Å²) in [5.74, 6) is -2.12. The SMILES string of the molecule is CC(C)C[C@H]([NH2+][O-])C(=O)[O-].CC(C)C[C@H]([NH2+][O-])C(=O)[O-].[Ca+2]. The van der Waals surface area contributed by atoms with Crippen molar-refractivity contribution in [1.82, 2.24) is 0 Å². The maximum absolute atomic E-state index is 10.1. The largest absolute Gasteiger partial charge is 2.00 e. The third-order valence-electron chi connectivity index (χ3n) is 2.38. The minimum atomic E-state index is -1.27. The molecular weight excluding hydrogens is 308 g/mol. The molecule has 0 heterocycles. The zero-order valence-corrected chi connectivity index (χ0v) is 15.2. The second kappa shape index (κ2) is 15.0. The quantitative estimate of drug-likeness (QED) is 0.341. The second-order valence-electron chi connectivity index (χ2n) is 5.38. The van der Waals surface area contributed by atoms with Crippen LogP contribution >= 0.6 is 0 Å². The van der Waals surface area contributed by atoms with Crippen LogP contribution in [0, 0.1) is 22.3 Å². The van der Waals surface area contributed by atoms with E-state index < -0.39 is 24.0 Å². The van der Waals surface area contributed by atoms with E-state index in [9.17, 15) is 30.2 Å². The van der Waals surface area contributed by atoms with Crippen molar-refractivity contribution < 1.29 is 30.8 Å². The average molecular weight is 332 g/mol. The van der Waals surface area contributed by atoms with Crippen LogP contribution < -0.4 is 21.2 Å². The molecule has 0 aliphatic carbocycles. The van der Waals surface area contributed by atoms with Crippen LogP contribution in [0.4, 0.5) is 0 Å². The molecule has 9 heteroatoms. The van der Waals surface area contributed by atoms with Crippen molar-refractivity contribution in [3.05, 3.63) is 10.4 Å². The number of quaternary nitrogens is 2. The Balaban J connectivity index is -0.000000295. The van der Waals surface area contributed by atoms with Crippen molar-refractivity contribution in [2.75, 3.05) is 0 Å². The molecule has 0 spiro atoms. The van der Waals surface area contributed by atoms with Gasteiger partial charge in [0.25, 0.3) is 0 Å². The molecule has 0 amide bonds. The summed E-state index contributed by atoms with van der Waals surface area (Å²) in [7, 11) is 0. The first-order valence-corrected chi connectivity index (χ1v) is 6.47.